The van der Waals surface area contributed by atoms with Gasteiger partial charge in [-0.1, -0.05) is 0 Å². The molecule has 0 spiro atoms. The highest BCUT2D eigenvalue weighted by molar-refractivity contribution is 7.86. The monoisotopic (exact) mass is 392 g/mol. The number of hydrogen-bond donors (Lipinski definition) is 3. The van der Waals surface area contributed by atoms with Gasteiger partial charge in [-0.25, -0.2) is 9.97 Å². The minimum absolute atomic E-state index is 0.105. The minimum Gasteiger partial charge on any atom is -0.335 e. The summed E-state index contributed by atoms with van der Waals surface area (Å²) in [6, 6.07) is 7.04. The number of H-pyrrole nitrogens is 1. The smallest absolute Gasteiger partial charge is 0.296 e. The molecule has 0 saturated carbocycles. The van der Waals surface area contributed by atoms with Crippen molar-refractivity contribution in [3.05, 3.63) is 43.0 Å². The Morgan fingerprint density at radius 2 is 1.77 bits per heavy atom. The molecule has 0 aliphatic rings. The molecule has 2 radical (unpaired) electrons. The minimum atomic E-state index is -4.15. The molecule has 0 unspecified atom stereocenters. The van der Waals surface area contributed by atoms with Crippen LogP contribution in [0.3, 0.4) is 0 Å². The van der Waals surface area contributed by atoms with Crippen LogP contribution in [0.15, 0.2) is 40.1 Å². The van der Waals surface area contributed by atoms with Gasteiger partial charge in [0.2, 0.25) is 0 Å². The number of fused-ring (bicyclic) bond motifs is 4. The second kappa shape index (κ2) is 5.35. The van der Waals surface area contributed by atoms with Gasteiger partial charge >= 0.3 is 0 Å². The van der Waals surface area contributed by atoms with Gasteiger partial charge in [0, 0.05) is 0 Å². The molecule has 0 saturated heterocycles. The van der Waals surface area contributed by atoms with E-state index in [9.17, 15) is 16.8 Å². The topological polar surface area (TPSA) is 155 Å². The van der Waals surface area contributed by atoms with E-state index in [1.165, 1.54) is 28.7 Å². The molecule has 7 aromatic rings. The summed E-state index contributed by atoms with van der Waals surface area (Å²) in [4.78, 5) is 9.98. The number of aromatic amines is 1. The van der Waals surface area contributed by atoms with Crippen LogP contribution in [0, 0.1) is 12.7 Å². The maximum absolute atomic E-state index is 10.9. The molecule has 3 N–H and O–H groups in total. The molecule has 10 nitrogen and oxygen atoms in total. The highest BCUT2D eigenvalue weighted by Gasteiger charge is 2.24. The summed E-state index contributed by atoms with van der Waals surface area (Å²) >= 11 is 0. The van der Waals surface area contributed by atoms with Crippen LogP contribution in [-0.2, 0) is 20.2 Å². The summed E-state index contributed by atoms with van der Waals surface area (Å²) in [6.45, 7) is 0. The van der Waals surface area contributed by atoms with Gasteiger partial charge in [0.25, 0.3) is 20.2 Å². The van der Waals surface area contributed by atoms with Crippen LogP contribution in [0.5, 0.6) is 0 Å². The number of hydrogen-bond acceptors (Lipinski definition) is 6. The van der Waals surface area contributed by atoms with E-state index in [2.05, 4.69) is 27.6 Å². The molecule has 132 valence electrons. The first-order valence-corrected chi connectivity index (χ1v) is 9.78. The van der Waals surface area contributed by atoms with Crippen molar-refractivity contribution in [1.82, 2.24) is 19.4 Å². The van der Waals surface area contributed by atoms with Gasteiger partial charge in [-0.15, -0.1) is 0 Å². The first-order chi connectivity index (χ1) is 12.2. The van der Waals surface area contributed by atoms with Crippen LogP contribution in [0.25, 0.3) is 27.6 Å². The number of nitrogens with one attached hydrogen (secondary N) is 1. The molecule has 2 aromatic carbocycles. The fourth-order valence-corrected chi connectivity index (χ4v) is 3.73. The van der Waals surface area contributed by atoms with Gasteiger partial charge in [-0.3, -0.25) is 13.5 Å². The molecule has 7 rings (SSSR count). The van der Waals surface area contributed by atoms with E-state index < -0.39 is 20.2 Å². The summed E-state index contributed by atoms with van der Waals surface area (Å²) < 4.78 is 62.2. The van der Waals surface area contributed by atoms with Crippen molar-refractivity contribution in [2.24, 2.45) is 0 Å². The van der Waals surface area contributed by atoms with Gasteiger partial charge in [0.05, 0.1) is 27.0 Å². The number of pyridine rings is 1. The van der Waals surface area contributed by atoms with E-state index in [1.54, 1.807) is 6.07 Å². The molecule has 12 heteroatoms. The van der Waals surface area contributed by atoms with Gasteiger partial charge in [-0.05, 0) is 30.3 Å². The van der Waals surface area contributed by atoms with Crippen molar-refractivity contribution in [1.29, 1.82) is 0 Å². The van der Waals surface area contributed by atoms with E-state index >= 15 is 0 Å². The zero-order valence-electron chi connectivity index (χ0n) is 12.6. The molecule has 0 atom stereocenters. The highest BCUT2D eigenvalue weighted by atomic mass is 32.2. The normalized spacial score (nSPS) is 12.8. The van der Waals surface area contributed by atoms with Crippen molar-refractivity contribution in [2.75, 3.05) is 0 Å². The molecule has 0 aliphatic carbocycles. The van der Waals surface area contributed by atoms with Crippen LogP contribution in [-0.4, -0.2) is 45.3 Å². The average Bonchev–Trinajstić information content (AvgIpc) is 3.30. The second-order valence-corrected chi connectivity index (χ2v) is 8.12. The van der Waals surface area contributed by atoms with Gasteiger partial charge in [-0.2, -0.15) is 16.8 Å². The zero-order chi connectivity index (χ0) is 18.7. The van der Waals surface area contributed by atoms with Crippen molar-refractivity contribution in [2.45, 2.75) is 9.79 Å². The molecule has 5 aromatic heterocycles. The fourth-order valence-electron chi connectivity index (χ4n) is 2.56. The Morgan fingerprint density at radius 1 is 1.00 bits per heavy atom. The number of benzene rings is 2. The van der Waals surface area contributed by atoms with E-state index in [4.69, 9.17) is 9.11 Å². The van der Waals surface area contributed by atoms with Crippen LogP contribution in [0.4, 0.5) is 0 Å². The first kappa shape index (κ1) is 16.7. The Bertz CT molecular complexity index is 1380. The maximum Gasteiger partial charge on any atom is 0.296 e. The third-order valence-electron chi connectivity index (χ3n) is 3.73. The lowest BCUT2D eigenvalue weighted by Crippen LogP contribution is -2.04. The number of imidazole rings is 3. The predicted octanol–water partition coefficient (Wildman–Crippen LogP) is 1.02. The summed E-state index contributed by atoms with van der Waals surface area (Å²) in [5, 5.41) is 0. The lowest BCUT2D eigenvalue weighted by Gasteiger charge is -2.08. The van der Waals surface area contributed by atoms with Gasteiger partial charge in [0.1, 0.15) is 10.4 Å². The van der Waals surface area contributed by atoms with Crippen LogP contribution < -0.4 is 0 Å². The zero-order valence-corrected chi connectivity index (χ0v) is 14.2. The van der Waals surface area contributed by atoms with E-state index in [-0.39, 0.29) is 9.79 Å². The Hall–Kier alpha value is -2.80. The lowest BCUT2D eigenvalue weighted by molar-refractivity contribution is 0.481. The third kappa shape index (κ3) is 2.55. The Morgan fingerprint density at radius 3 is 2.38 bits per heavy atom. The quantitative estimate of drug-likeness (QED) is 0.376. The van der Waals surface area contributed by atoms with E-state index in [0.29, 0.717) is 22.1 Å². The van der Waals surface area contributed by atoms with Gasteiger partial charge in [0.15, 0.2) is 12.7 Å². The molecule has 0 aliphatic heterocycles. The number of nitrogens with zero attached hydrogens (tertiary/aromatic N) is 3. The Labute approximate surface area is 146 Å². The van der Waals surface area contributed by atoms with E-state index in [1.807, 2.05) is 0 Å². The summed E-state index contributed by atoms with van der Waals surface area (Å²) in [5.74, 6) is 0. The summed E-state index contributed by atoms with van der Waals surface area (Å²) in [6.07, 6.45) is 5.06. The standard InChI is InChI=1S/C7H3N2O3S.C7H5N2O3S/c10-13(11,12)5-2-1-4-6-7(5)9(4)3-8-6;10-13(11,12)5-1-2-6-7(3-5)9-4-8-6/h1-2H,(H,10,11,12);1-3H,(H,8,9)(H,10,11,12). The molecule has 4 bridgehead atoms. The molecule has 0 fully saturated rings. The second-order valence-electron chi connectivity index (χ2n) is 5.30. The SMILES string of the molecule is O=S(=O)(O)c1ccc2[nH][c]nc2c1.O=S(=O)(O)c1ccc2c3n[c]n2c13. The molecular weight excluding hydrogens is 384 g/mol. The Kier molecular flexibility index (Phi) is 3.43. The van der Waals surface area contributed by atoms with Crippen molar-refractivity contribution in [3.8, 4) is 0 Å². The lowest BCUT2D eigenvalue weighted by atomic mass is 10.2. The summed E-state index contributed by atoms with van der Waals surface area (Å²) in [5.41, 5.74) is 2.99. The van der Waals surface area contributed by atoms with Crippen LogP contribution >= 0.6 is 0 Å². The average molecular weight is 392 g/mol. The third-order valence-corrected chi connectivity index (χ3v) is 5.47. The van der Waals surface area contributed by atoms with Crippen molar-refractivity contribution < 1.29 is 25.9 Å². The van der Waals surface area contributed by atoms with Crippen molar-refractivity contribution in [3.63, 3.8) is 0 Å². The Balaban J connectivity index is 0.000000129. The van der Waals surface area contributed by atoms with Crippen molar-refractivity contribution >= 4 is 47.8 Å². The molecule has 5 heterocycles. The molecule has 0 amide bonds. The molecule has 26 heavy (non-hydrogen) atoms. The van der Waals surface area contributed by atoms with E-state index in [0.717, 1.165) is 5.52 Å². The highest BCUT2D eigenvalue weighted by Crippen LogP contribution is 2.32. The maximum atomic E-state index is 10.9. The number of rotatable bonds is 2. The first-order valence-electron chi connectivity index (χ1n) is 6.90. The number of aromatic nitrogens is 4. The van der Waals surface area contributed by atoms with Crippen LogP contribution in [0.1, 0.15) is 0 Å². The van der Waals surface area contributed by atoms with Crippen LogP contribution in [0.2, 0.25) is 0 Å². The fraction of sp³-hybridized carbons (Fsp3) is 0. The largest absolute Gasteiger partial charge is 0.335 e. The summed E-state index contributed by atoms with van der Waals surface area (Å²) in [7, 11) is -8.29. The van der Waals surface area contributed by atoms with Gasteiger partial charge < -0.3 is 4.98 Å². The predicted molar refractivity (Wildman–Crippen MR) is 88.5 cm³/mol. The molecular formula is C14H8N4O6S2.